The molecule has 0 saturated heterocycles. The fraction of sp³-hybridized carbons (Fsp3) is 0.0233. The third kappa shape index (κ3) is 7.01. The van der Waals surface area contributed by atoms with Gasteiger partial charge in [0.2, 0.25) is 0 Å². The lowest BCUT2D eigenvalue weighted by Crippen LogP contribution is -1.96. The van der Waals surface area contributed by atoms with Crippen LogP contribution in [0, 0.1) is 6.92 Å². The van der Waals surface area contributed by atoms with E-state index >= 15 is 0 Å². The van der Waals surface area contributed by atoms with Crippen LogP contribution >= 0.6 is 0 Å². The Kier molecular flexibility index (Phi) is 8.74. The molecule has 0 aliphatic carbocycles. The van der Waals surface area contributed by atoms with E-state index in [-0.39, 0.29) is 0 Å². The maximum absolute atomic E-state index is 6.85. The summed E-state index contributed by atoms with van der Waals surface area (Å²) in [5.74, 6) is 0. The Bertz CT molecular complexity index is 2030. The number of hydrogen-bond donors (Lipinski definition) is 1. The highest BCUT2D eigenvalue weighted by atomic mass is 15.1. The van der Waals surface area contributed by atoms with Crippen molar-refractivity contribution >= 4 is 28.4 Å². The van der Waals surface area contributed by atoms with Crippen LogP contribution in [0.25, 0.3) is 44.5 Å². The molecular weight excluding hydrogens is 587 g/mol. The molecule has 0 unspecified atom stereocenters. The van der Waals surface area contributed by atoms with Gasteiger partial charge in [-0.3, -0.25) is 0 Å². The first-order valence-electron chi connectivity index (χ1n) is 15.8. The normalized spacial score (nSPS) is 11.4. The molecular formula is C43H33N5. The first-order valence-corrected chi connectivity index (χ1v) is 15.8. The number of benzene rings is 7. The summed E-state index contributed by atoms with van der Waals surface area (Å²) in [7, 11) is 0. The van der Waals surface area contributed by atoms with Crippen molar-refractivity contribution in [1.82, 2.24) is 0 Å². The predicted molar refractivity (Wildman–Crippen MR) is 199 cm³/mol. The van der Waals surface area contributed by atoms with Crippen molar-refractivity contribution in [2.24, 2.45) is 20.5 Å². The van der Waals surface area contributed by atoms with E-state index in [4.69, 9.17) is 5.73 Å². The van der Waals surface area contributed by atoms with Crippen molar-refractivity contribution < 1.29 is 0 Å². The molecule has 0 fully saturated rings. The summed E-state index contributed by atoms with van der Waals surface area (Å²) >= 11 is 0. The predicted octanol–water partition coefficient (Wildman–Crippen LogP) is 13.1. The molecule has 0 heterocycles. The molecule has 0 aliphatic rings. The third-order valence-corrected chi connectivity index (χ3v) is 8.19. The van der Waals surface area contributed by atoms with Gasteiger partial charge in [0, 0.05) is 16.8 Å². The van der Waals surface area contributed by atoms with Gasteiger partial charge in [0.1, 0.15) is 0 Å². The van der Waals surface area contributed by atoms with E-state index in [9.17, 15) is 0 Å². The van der Waals surface area contributed by atoms with E-state index < -0.39 is 0 Å². The summed E-state index contributed by atoms with van der Waals surface area (Å²) < 4.78 is 0. The molecule has 7 rings (SSSR count). The smallest absolute Gasteiger partial charge is 0.0857 e. The first-order chi connectivity index (χ1) is 23.6. The topological polar surface area (TPSA) is 75.5 Å². The number of anilines is 1. The van der Waals surface area contributed by atoms with Crippen LogP contribution in [0.5, 0.6) is 0 Å². The van der Waals surface area contributed by atoms with Crippen molar-refractivity contribution in [2.45, 2.75) is 6.92 Å². The largest absolute Gasteiger partial charge is 0.398 e. The highest BCUT2D eigenvalue weighted by Gasteiger charge is 2.12. The molecule has 0 aliphatic heterocycles. The molecule has 5 heteroatoms. The monoisotopic (exact) mass is 619 g/mol. The van der Waals surface area contributed by atoms with Crippen LogP contribution in [0.15, 0.2) is 190 Å². The lowest BCUT2D eigenvalue weighted by atomic mass is 9.92. The number of rotatable bonds is 8. The van der Waals surface area contributed by atoms with Crippen molar-refractivity contribution in [3.8, 4) is 44.5 Å². The van der Waals surface area contributed by atoms with Gasteiger partial charge in [0.05, 0.1) is 22.7 Å². The van der Waals surface area contributed by atoms with Gasteiger partial charge in [-0.1, -0.05) is 109 Å². The van der Waals surface area contributed by atoms with E-state index in [1.165, 1.54) is 0 Å². The molecule has 230 valence electrons. The highest BCUT2D eigenvalue weighted by molar-refractivity contribution is 5.90. The summed E-state index contributed by atoms with van der Waals surface area (Å²) in [5.41, 5.74) is 20.7. The van der Waals surface area contributed by atoms with Gasteiger partial charge in [-0.25, -0.2) is 0 Å². The maximum atomic E-state index is 6.85. The van der Waals surface area contributed by atoms with E-state index in [1.54, 1.807) is 0 Å². The van der Waals surface area contributed by atoms with Crippen LogP contribution in [0.1, 0.15) is 5.56 Å². The molecule has 0 radical (unpaired) electrons. The zero-order valence-corrected chi connectivity index (χ0v) is 26.5. The number of aryl methyl sites for hydroxylation is 1. The van der Waals surface area contributed by atoms with E-state index in [1.807, 2.05) is 84.9 Å². The minimum Gasteiger partial charge on any atom is -0.398 e. The fourth-order valence-electron chi connectivity index (χ4n) is 5.62. The zero-order chi connectivity index (χ0) is 32.7. The summed E-state index contributed by atoms with van der Waals surface area (Å²) in [5, 5.41) is 17.3. The van der Waals surface area contributed by atoms with Crippen molar-refractivity contribution in [3.63, 3.8) is 0 Å². The Morgan fingerprint density at radius 3 is 0.938 bits per heavy atom. The van der Waals surface area contributed by atoms with E-state index in [0.717, 1.165) is 78.5 Å². The zero-order valence-electron chi connectivity index (χ0n) is 26.5. The highest BCUT2D eigenvalue weighted by Crippen LogP contribution is 2.38. The van der Waals surface area contributed by atoms with E-state index in [2.05, 4.69) is 112 Å². The Balaban J connectivity index is 1.07. The average molecular weight is 620 g/mol. The van der Waals surface area contributed by atoms with E-state index in [0.29, 0.717) is 0 Å². The van der Waals surface area contributed by atoms with Crippen molar-refractivity contribution in [2.75, 3.05) is 5.73 Å². The molecule has 7 aromatic rings. The average Bonchev–Trinajstić information content (AvgIpc) is 3.15. The minimum atomic E-state index is 0.766. The Morgan fingerprint density at radius 1 is 0.333 bits per heavy atom. The lowest BCUT2D eigenvalue weighted by molar-refractivity contribution is 1.23. The van der Waals surface area contributed by atoms with Crippen LogP contribution < -0.4 is 5.73 Å². The molecule has 2 N–H and O–H groups in total. The SMILES string of the molecule is Cc1cc(-c2ccc(-c3ccc(N=Nc4ccccc4)cc3)cc2)c(N)c(-c2ccc(-c3ccc(N=Nc4ccccc4)cc3)cc2)c1. The van der Waals surface area contributed by atoms with Crippen molar-refractivity contribution in [3.05, 3.63) is 175 Å². The Morgan fingerprint density at radius 2 is 0.604 bits per heavy atom. The second kappa shape index (κ2) is 13.9. The third-order valence-electron chi connectivity index (χ3n) is 8.19. The van der Waals surface area contributed by atoms with Crippen molar-refractivity contribution in [1.29, 1.82) is 0 Å². The quantitative estimate of drug-likeness (QED) is 0.133. The molecule has 7 aromatic carbocycles. The molecule has 0 atom stereocenters. The minimum absolute atomic E-state index is 0.766. The molecule has 0 aromatic heterocycles. The van der Waals surface area contributed by atoms with Gasteiger partial charge in [-0.2, -0.15) is 20.5 Å². The van der Waals surface area contributed by atoms with Gasteiger partial charge in [0.25, 0.3) is 0 Å². The van der Waals surface area contributed by atoms with Gasteiger partial charge < -0.3 is 5.73 Å². The molecule has 0 amide bonds. The lowest BCUT2D eigenvalue weighted by Gasteiger charge is -2.15. The fourth-order valence-corrected chi connectivity index (χ4v) is 5.62. The van der Waals surface area contributed by atoms with Crippen LogP contribution in [0.3, 0.4) is 0 Å². The number of azo groups is 2. The summed E-state index contributed by atoms with van der Waals surface area (Å²) in [6.45, 7) is 2.11. The second-order valence-corrected chi connectivity index (χ2v) is 11.6. The maximum Gasteiger partial charge on any atom is 0.0857 e. The summed E-state index contributed by atoms with van der Waals surface area (Å²) in [6, 6.07) is 57.1. The van der Waals surface area contributed by atoms with Crippen LogP contribution in [-0.4, -0.2) is 0 Å². The number of nitrogens with zero attached hydrogens (tertiary/aromatic N) is 4. The molecule has 5 nitrogen and oxygen atoms in total. The Hall–Kier alpha value is -6.46. The van der Waals surface area contributed by atoms with Gasteiger partial charge >= 0.3 is 0 Å². The standard InChI is InChI=1S/C43H33N5/c1-30-28-41(35-16-12-31(13-17-35)33-20-24-39(25-21-33)47-45-37-8-4-2-5-9-37)43(44)42(29-30)36-18-14-32(15-19-36)34-22-26-40(27-23-34)48-46-38-10-6-3-7-11-38/h2-29H,44H2,1H3. The van der Waals surface area contributed by atoms with Crippen LogP contribution in [0.2, 0.25) is 0 Å². The molecule has 0 bridgehead atoms. The number of hydrogen-bond acceptors (Lipinski definition) is 5. The molecule has 0 saturated carbocycles. The second-order valence-electron chi connectivity index (χ2n) is 11.6. The van der Waals surface area contributed by atoms with Gasteiger partial charge in [-0.05, 0) is 107 Å². The van der Waals surface area contributed by atoms with Gasteiger partial charge in [-0.15, -0.1) is 0 Å². The summed E-state index contributed by atoms with van der Waals surface area (Å²) in [4.78, 5) is 0. The Labute approximate surface area is 280 Å². The summed E-state index contributed by atoms with van der Waals surface area (Å²) in [6.07, 6.45) is 0. The first kappa shape index (κ1) is 30.2. The number of nitrogen functional groups attached to an aromatic ring is 1. The van der Waals surface area contributed by atoms with Gasteiger partial charge in [0.15, 0.2) is 0 Å². The number of nitrogens with two attached hydrogens (primary N) is 1. The molecule has 48 heavy (non-hydrogen) atoms. The van der Waals surface area contributed by atoms with Crippen LogP contribution in [0.4, 0.5) is 28.4 Å². The van der Waals surface area contributed by atoms with Crippen LogP contribution in [-0.2, 0) is 0 Å². The molecule has 0 spiro atoms.